The number of benzene rings is 1. The molecule has 2 unspecified atom stereocenters. The van der Waals surface area contributed by atoms with Crippen molar-refractivity contribution < 1.29 is 18.8 Å². The monoisotopic (exact) mass is 256 g/mol. The largest absolute Gasteiger partial charge is 0.481 e. The first kappa shape index (κ1) is 13.9. The van der Waals surface area contributed by atoms with Crippen LogP contribution in [0.4, 0.5) is 0 Å². The van der Waals surface area contributed by atoms with Crippen molar-refractivity contribution in [1.29, 1.82) is 0 Å². The highest BCUT2D eigenvalue weighted by Crippen LogP contribution is 2.05. The molecule has 0 spiro atoms. The molecular weight excluding hydrogens is 240 g/mol. The zero-order chi connectivity index (χ0) is 12.7. The average molecular weight is 256 g/mol. The van der Waals surface area contributed by atoms with Crippen molar-refractivity contribution >= 4 is 16.8 Å². The van der Waals surface area contributed by atoms with Crippen molar-refractivity contribution in [3.05, 3.63) is 35.9 Å². The third-order valence-electron chi connectivity index (χ3n) is 2.22. The third kappa shape index (κ3) is 5.60. The van der Waals surface area contributed by atoms with Crippen molar-refractivity contribution in [3.8, 4) is 0 Å². The number of hydrogen-bond acceptors (Lipinski definition) is 3. The topological polar surface area (TPSA) is 63.6 Å². The molecule has 1 aromatic carbocycles. The van der Waals surface area contributed by atoms with E-state index in [1.807, 2.05) is 30.3 Å². The van der Waals surface area contributed by atoms with Crippen molar-refractivity contribution in [1.82, 2.24) is 0 Å². The molecule has 0 aromatic heterocycles. The number of carboxylic acid groups (broad SMARTS) is 1. The van der Waals surface area contributed by atoms with Gasteiger partial charge in [-0.1, -0.05) is 37.3 Å². The van der Waals surface area contributed by atoms with Crippen LogP contribution in [0.2, 0.25) is 0 Å². The summed E-state index contributed by atoms with van der Waals surface area (Å²) in [7, 11) is -1.26. The molecule has 1 N–H and O–H groups in total. The molecule has 0 fully saturated rings. The number of aliphatic carboxylic acids is 1. The Hall–Kier alpha value is -1.20. The van der Waals surface area contributed by atoms with Crippen LogP contribution in [0.25, 0.3) is 0 Å². The fraction of sp³-hybridized carbons (Fsp3) is 0.417. The molecule has 0 bridgehead atoms. The van der Waals surface area contributed by atoms with Crippen LogP contribution in [-0.4, -0.2) is 26.5 Å². The molecule has 17 heavy (non-hydrogen) atoms. The van der Waals surface area contributed by atoms with Gasteiger partial charge in [0, 0.05) is 5.25 Å². The molecule has 0 heterocycles. The standard InChI is InChI=1S/C12H16O4S/c1-10(7-12(13)14)17(15)9-16-8-11-5-3-2-4-6-11/h2-6,10H,7-9H2,1H3,(H,13,14). The molecule has 2 atom stereocenters. The maximum atomic E-state index is 11.6. The summed E-state index contributed by atoms with van der Waals surface area (Å²) >= 11 is 0. The third-order valence-corrected chi connectivity index (χ3v) is 3.69. The Bertz CT molecular complexity index is 377. The summed E-state index contributed by atoms with van der Waals surface area (Å²) in [6, 6.07) is 9.56. The number of carbonyl (C=O) groups is 1. The molecule has 4 nitrogen and oxygen atoms in total. The molecule has 0 aliphatic rings. The Labute approximate surface area is 103 Å². The van der Waals surface area contributed by atoms with E-state index < -0.39 is 16.8 Å². The highest BCUT2D eigenvalue weighted by atomic mass is 32.2. The van der Waals surface area contributed by atoms with E-state index in [1.165, 1.54) is 0 Å². The summed E-state index contributed by atoms with van der Waals surface area (Å²) in [5.41, 5.74) is 1.01. The Morgan fingerprint density at radius 3 is 2.65 bits per heavy atom. The molecule has 5 heteroatoms. The number of rotatable bonds is 7. The zero-order valence-electron chi connectivity index (χ0n) is 9.67. The first-order chi connectivity index (χ1) is 8.09. The van der Waals surface area contributed by atoms with E-state index in [1.54, 1.807) is 6.92 Å². The molecule has 94 valence electrons. The van der Waals surface area contributed by atoms with Gasteiger partial charge in [-0.15, -0.1) is 0 Å². The Balaban J connectivity index is 2.27. The van der Waals surface area contributed by atoms with Crippen molar-refractivity contribution in [3.63, 3.8) is 0 Å². The van der Waals surface area contributed by atoms with Crippen LogP contribution in [0.15, 0.2) is 30.3 Å². The minimum atomic E-state index is -1.26. The number of ether oxygens (including phenoxy) is 1. The molecule has 1 aromatic rings. The van der Waals surface area contributed by atoms with Crippen molar-refractivity contribution in [2.24, 2.45) is 0 Å². The molecular formula is C12H16O4S. The van der Waals surface area contributed by atoms with Gasteiger partial charge in [-0.05, 0) is 5.56 Å². The molecule has 0 aliphatic carbocycles. The normalized spacial score (nSPS) is 14.2. The summed E-state index contributed by atoms with van der Waals surface area (Å²) in [6.07, 6.45) is -0.0959. The minimum absolute atomic E-state index is 0.0728. The van der Waals surface area contributed by atoms with E-state index in [-0.39, 0.29) is 17.6 Å². The maximum Gasteiger partial charge on any atom is 0.304 e. The lowest BCUT2D eigenvalue weighted by atomic mass is 10.2. The Morgan fingerprint density at radius 1 is 1.41 bits per heavy atom. The Morgan fingerprint density at radius 2 is 2.06 bits per heavy atom. The van der Waals surface area contributed by atoms with Gasteiger partial charge >= 0.3 is 5.97 Å². The first-order valence-electron chi connectivity index (χ1n) is 5.30. The Kier molecular flexibility index (Phi) is 5.86. The van der Waals surface area contributed by atoms with Gasteiger partial charge < -0.3 is 9.84 Å². The maximum absolute atomic E-state index is 11.6. The van der Waals surface area contributed by atoms with Gasteiger partial charge in [-0.25, -0.2) is 0 Å². The van der Waals surface area contributed by atoms with Crippen LogP contribution in [0, 0.1) is 0 Å². The van der Waals surface area contributed by atoms with Crippen LogP contribution in [-0.2, 0) is 26.9 Å². The quantitative estimate of drug-likeness (QED) is 0.807. The fourth-order valence-electron chi connectivity index (χ4n) is 1.27. The van der Waals surface area contributed by atoms with Crippen LogP contribution >= 0.6 is 0 Å². The lowest BCUT2D eigenvalue weighted by Gasteiger charge is -2.09. The van der Waals surface area contributed by atoms with Gasteiger partial charge in [0.2, 0.25) is 0 Å². The highest BCUT2D eigenvalue weighted by molar-refractivity contribution is 7.85. The average Bonchev–Trinajstić information content (AvgIpc) is 2.29. The predicted octanol–water partition coefficient (Wildman–Crippen LogP) is 1.77. The second kappa shape index (κ2) is 7.19. The van der Waals surface area contributed by atoms with Crippen LogP contribution in [0.1, 0.15) is 18.9 Å². The van der Waals surface area contributed by atoms with Gasteiger partial charge in [0.1, 0.15) is 5.94 Å². The second-order valence-electron chi connectivity index (χ2n) is 3.74. The van der Waals surface area contributed by atoms with E-state index in [9.17, 15) is 9.00 Å². The summed E-state index contributed by atoms with van der Waals surface area (Å²) < 4.78 is 16.9. The second-order valence-corrected chi connectivity index (χ2v) is 5.54. The van der Waals surface area contributed by atoms with E-state index in [0.29, 0.717) is 6.61 Å². The molecule has 1 rings (SSSR count). The number of hydrogen-bond donors (Lipinski definition) is 1. The van der Waals surface area contributed by atoms with E-state index >= 15 is 0 Å². The van der Waals surface area contributed by atoms with E-state index in [0.717, 1.165) is 5.56 Å². The van der Waals surface area contributed by atoms with Gasteiger partial charge in [0.15, 0.2) is 0 Å². The van der Waals surface area contributed by atoms with Gasteiger partial charge in [-0.3, -0.25) is 9.00 Å². The predicted molar refractivity (Wildman–Crippen MR) is 66.0 cm³/mol. The first-order valence-corrected chi connectivity index (χ1v) is 6.68. The smallest absolute Gasteiger partial charge is 0.304 e. The fourth-order valence-corrected chi connectivity index (χ4v) is 2.08. The van der Waals surface area contributed by atoms with Gasteiger partial charge in [0.25, 0.3) is 0 Å². The van der Waals surface area contributed by atoms with Gasteiger partial charge in [0.05, 0.1) is 23.8 Å². The lowest BCUT2D eigenvalue weighted by Crippen LogP contribution is -2.19. The molecule has 0 aliphatic heterocycles. The number of carboxylic acids is 1. The molecule has 0 saturated carbocycles. The van der Waals surface area contributed by atoms with E-state index in [2.05, 4.69) is 0 Å². The summed E-state index contributed by atoms with van der Waals surface area (Å²) in [6.45, 7) is 2.04. The summed E-state index contributed by atoms with van der Waals surface area (Å²) in [5.74, 6) is -0.863. The van der Waals surface area contributed by atoms with E-state index in [4.69, 9.17) is 9.84 Å². The molecule has 0 radical (unpaired) electrons. The lowest BCUT2D eigenvalue weighted by molar-refractivity contribution is -0.136. The van der Waals surface area contributed by atoms with Crippen molar-refractivity contribution in [2.45, 2.75) is 25.2 Å². The SMILES string of the molecule is CC(CC(=O)O)S(=O)COCc1ccccc1. The van der Waals surface area contributed by atoms with Gasteiger partial charge in [-0.2, -0.15) is 0 Å². The molecule has 0 saturated heterocycles. The van der Waals surface area contributed by atoms with Crippen molar-refractivity contribution in [2.75, 3.05) is 5.94 Å². The molecule has 0 amide bonds. The van der Waals surface area contributed by atoms with Crippen LogP contribution in [0.3, 0.4) is 0 Å². The summed E-state index contributed by atoms with van der Waals surface area (Å²) in [4.78, 5) is 10.4. The minimum Gasteiger partial charge on any atom is -0.481 e. The van der Waals surface area contributed by atoms with Crippen LogP contribution < -0.4 is 0 Å². The zero-order valence-corrected chi connectivity index (χ0v) is 10.5. The summed E-state index contributed by atoms with van der Waals surface area (Å²) in [5, 5.41) is 8.18. The van der Waals surface area contributed by atoms with Crippen LogP contribution in [0.5, 0.6) is 0 Å². The highest BCUT2D eigenvalue weighted by Gasteiger charge is 2.14.